The summed E-state index contributed by atoms with van der Waals surface area (Å²) in [6.07, 6.45) is 2.15. The summed E-state index contributed by atoms with van der Waals surface area (Å²) in [5, 5.41) is 2.64. The Hall–Kier alpha value is -1.85. The van der Waals surface area contributed by atoms with Gasteiger partial charge in [0, 0.05) is 18.6 Å². The molecule has 0 spiro atoms. The Kier molecular flexibility index (Phi) is 8.24. The number of amides is 1. The normalized spacial score (nSPS) is 12.3. The molecule has 0 aliphatic heterocycles. The van der Waals surface area contributed by atoms with Crippen molar-refractivity contribution in [2.45, 2.75) is 46.3 Å². The van der Waals surface area contributed by atoms with Crippen LogP contribution in [0.15, 0.2) is 12.2 Å². The van der Waals surface area contributed by atoms with Gasteiger partial charge in [-0.2, -0.15) is 0 Å². The minimum Gasteiger partial charge on any atom is -0.460 e. The molecule has 1 atom stereocenters. The Labute approximate surface area is 113 Å². The Morgan fingerprint density at radius 1 is 1.11 bits per heavy atom. The molecule has 0 aromatic heterocycles. The SMILES string of the molecule is CCC(=O)N[C@@H](C)COC(=O)/C=C/C(=O)OC(C)C. The standard InChI is InChI=1S/C13H21NO5/c1-5-11(15)14-10(4)8-18-12(16)6-7-13(17)19-9(2)3/h6-7,9-10H,5,8H2,1-4H3,(H,14,15)/b7-6+/t10-/m0/s1. The van der Waals surface area contributed by atoms with E-state index < -0.39 is 11.9 Å². The smallest absolute Gasteiger partial charge is 0.331 e. The Morgan fingerprint density at radius 3 is 2.21 bits per heavy atom. The van der Waals surface area contributed by atoms with Crippen LogP contribution in [0, 0.1) is 0 Å². The van der Waals surface area contributed by atoms with Crippen LogP contribution in [0.2, 0.25) is 0 Å². The molecule has 19 heavy (non-hydrogen) atoms. The molecule has 0 rings (SSSR count). The summed E-state index contributed by atoms with van der Waals surface area (Å²) in [5.41, 5.74) is 0. The monoisotopic (exact) mass is 271 g/mol. The van der Waals surface area contributed by atoms with Crippen molar-refractivity contribution >= 4 is 17.8 Å². The van der Waals surface area contributed by atoms with Crippen molar-refractivity contribution in [1.82, 2.24) is 5.32 Å². The van der Waals surface area contributed by atoms with E-state index in [0.29, 0.717) is 6.42 Å². The van der Waals surface area contributed by atoms with Crippen molar-refractivity contribution in [3.05, 3.63) is 12.2 Å². The van der Waals surface area contributed by atoms with Gasteiger partial charge in [-0.15, -0.1) is 0 Å². The molecule has 0 unspecified atom stereocenters. The third-order valence-corrected chi connectivity index (χ3v) is 1.91. The van der Waals surface area contributed by atoms with Gasteiger partial charge >= 0.3 is 11.9 Å². The van der Waals surface area contributed by atoms with Crippen molar-refractivity contribution in [1.29, 1.82) is 0 Å². The lowest BCUT2D eigenvalue weighted by atomic mass is 10.3. The average Bonchev–Trinajstić information content (AvgIpc) is 2.32. The topological polar surface area (TPSA) is 81.7 Å². The van der Waals surface area contributed by atoms with E-state index in [1.54, 1.807) is 27.7 Å². The Balaban J connectivity index is 3.95. The number of carbonyl (C=O) groups is 3. The second kappa shape index (κ2) is 9.13. The molecule has 0 aromatic carbocycles. The molecule has 1 amide bonds. The number of ether oxygens (including phenoxy) is 2. The molecule has 108 valence electrons. The molecule has 0 aliphatic rings. The Morgan fingerprint density at radius 2 is 1.68 bits per heavy atom. The summed E-state index contributed by atoms with van der Waals surface area (Å²) in [7, 11) is 0. The third-order valence-electron chi connectivity index (χ3n) is 1.91. The fraction of sp³-hybridized carbons (Fsp3) is 0.615. The molecule has 1 N–H and O–H groups in total. The van der Waals surface area contributed by atoms with Crippen molar-refractivity contribution in [2.24, 2.45) is 0 Å². The molecule has 0 aliphatic carbocycles. The van der Waals surface area contributed by atoms with Crippen LogP contribution in [-0.4, -0.2) is 36.6 Å². The molecule has 0 bridgehead atoms. The third kappa shape index (κ3) is 9.82. The van der Waals surface area contributed by atoms with E-state index in [-0.39, 0.29) is 24.7 Å². The summed E-state index contributed by atoms with van der Waals surface area (Å²) in [6, 6.07) is -0.271. The fourth-order valence-electron chi connectivity index (χ4n) is 1.08. The van der Waals surface area contributed by atoms with Gasteiger partial charge in [-0.05, 0) is 20.8 Å². The second-order valence-corrected chi connectivity index (χ2v) is 4.27. The van der Waals surface area contributed by atoms with Gasteiger partial charge in [-0.25, -0.2) is 9.59 Å². The number of hydrogen-bond acceptors (Lipinski definition) is 5. The lowest BCUT2D eigenvalue weighted by Crippen LogP contribution is -2.35. The maximum Gasteiger partial charge on any atom is 0.331 e. The second-order valence-electron chi connectivity index (χ2n) is 4.27. The summed E-state index contributed by atoms with van der Waals surface area (Å²) in [5.74, 6) is -1.36. The van der Waals surface area contributed by atoms with Crippen LogP contribution in [0.1, 0.15) is 34.1 Å². The zero-order valence-electron chi connectivity index (χ0n) is 11.8. The lowest BCUT2D eigenvalue weighted by Gasteiger charge is -2.12. The molecule has 0 heterocycles. The van der Waals surface area contributed by atoms with Gasteiger partial charge < -0.3 is 14.8 Å². The van der Waals surface area contributed by atoms with E-state index in [1.165, 1.54) is 0 Å². The number of carbonyl (C=O) groups excluding carboxylic acids is 3. The highest BCUT2D eigenvalue weighted by atomic mass is 16.5. The Bertz CT molecular complexity index is 349. The quantitative estimate of drug-likeness (QED) is 0.550. The first-order valence-electron chi connectivity index (χ1n) is 6.20. The molecule has 0 saturated heterocycles. The fourth-order valence-corrected chi connectivity index (χ4v) is 1.08. The van der Waals surface area contributed by atoms with Crippen LogP contribution in [-0.2, 0) is 23.9 Å². The predicted molar refractivity (Wildman–Crippen MR) is 69.2 cm³/mol. The van der Waals surface area contributed by atoms with E-state index in [9.17, 15) is 14.4 Å². The lowest BCUT2D eigenvalue weighted by molar-refractivity contribution is -0.143. The maximum absolute atomic E-state index is 11.3. The van der Waals surface area contributed by atoms with Gasteiger partial charge in [0.2, 0.25) is 5.91 Å². The molecule has 0 aromatic rings. The van der Waals surface area contributed by atoms with E-state index in [2.05, 4.69) is 5.32 Å². The van der Waals surface area contributed by atoms with E-state index in [1.807, 2.05) is 0 Å². The highest BCUT2D eigenvalue weighted by molar-refractivity contribution is 5.91. The highest BCUT2D eigenvalue weighted by Gasteiger charge is 2.08. The summed E-state index contributed by atoms with van der Waals surface area (Å²) >= 11 is 0. The summed E-state index contributed by atoms with van der Waals surface area (Å²) in [6.45, 7) is 6.92. The molecule has 0 fully saturated rings. The highest BCUT2D eigenvalue weighted by Crippen LogP contribution is 1.92. The van der Waals surface area contributed by atoms with Crippen molar-refractivity contribution in [3.63, 3.8) is 0 Å². The van der Waals surface area contributed by atoms with Crippen LogP contribution in [0.25, 0.3) is 0 Å². The van der Waals surface area contributed by atoms with E-state index in [0.717, 1.165) is 12.2 Å². The van der Waals surface area contributed by atoms with E-state index in [4.69, 9.17) is 9.47 Å². The summed E-state index contributed by atoms with van der Waals surface area (Å²) in [4.78, 5) is 33.4. The molecular weight excluding hydrogens is 250 g/mol. The van der Waals surface area contributed by atoms with Gasteiger partial charge in [0.15, 0.2) is 0 Å². The number of rotatable bonds is 7. The first-order chi connectivity index (χ1) is 8.85. The van der Waals surface area contributed by atoms with Crippen molar-refractivity contribution in [3.8, 4) is 0 Å². The summed E-state index contributed by atoms with van der Waals surface area (Å²) < 4.78 is 9.66. The van der Waals surface area contributed by atoms with Crippen molar-refractivity contribution in [2.75, 3.05) is 6.61 Å². The average molecular weight is 271 g/mol. The molecule has 6 nitrogen and oxygen atoms in total. The first kappa shape index (κ1) is 17.2. The van der Waals surface area contributed by atoms with E-state index >= 15 is 0 Å². The minimum absolute atomic E-state index is 0.0497. The maximum atomic E-state index is 11.3. The number of nitrogens with one attached hydrogen (secondary N) is 1. The number of esters is 2. The molecule has 0 radical (unpaired) electrons. The van der Waals surface area contributed by atoms with Crippen LogP contribution < -0.4 is 5.32 Å². The van der Waals surface area contributed by atoms with Gasteiger partial charge in [-0.3, -0.25) is 4.79 Å². The number of hydrogen-bond donors (Lipinski definition) is 1. The van der Waals surface area contributed by atoms with Crippen LogP contribution in [0.5, 0.6) is 0 Å². The first-order valence-corrected chi connectivity index (χ1v) is 6.20. The molecular formula is C13H21NO5. The molecule has 0 saturated carbocycles. The van der Waals surface area contributed by atoms with Gasteiger partial charge in [0.05, 0.1) is 12.1 Å². The zero-order chi connectivity index (χ0) is 14.8. The van der Waals surface area contributed by atoms with Crippen molar-refractivity contribution < 1.29 is 23.9 Å². The van der Waals surface area contributed by atoms with Crippen LogP contribution in [0.4, 0.5) is 0 Å². The van der Waals surface area contributed by atoms with Gasteiger partial charge in [0.1, 0.15) is 6.61 Å². The minimum atomic E-state index is -0.654. The van der Waals surface area contributed by atoms with Gasteiger partial charge in [-0.1, -0.05) is 6.92 Å². The largest absolute Gasteiger partial charge is 0.460 e. The molecule has 6 heteroatoms. The van der Waals surface area contributed by atoms with Crippen LogP contribution >= 0.6 is 0 Å². The predicted octanol–water partition coefficient (Wildman–Crippen LogP) is 0.952. The van der Waals surface area contributed by atoms with Gasteiger partial charge in [0.25, 0.3) is 0 Å². The van der Waals surface area contributed by atoms with Crippen LogP contribution in [0.3, 0.4) is 0 Å². The zero-order valence-corrected chi connectivity index (χ0v) is 11.8.